The number of rotatable bonds is 23. The Bertz CT molecular complexity index is 491. The standard InChI is InChI=1S/C26H48O6/c1-3-5-6-7-8-9-10-11-12-13-16-21-32-24(27)20-19-23(26(30)31)18-15-14-17-22(4-2)25(28)29/h22-23H,3-21H2,1-2H3,(H,28,29)(H,30,31). The lowest BCUT2D eigenvalue weighted by Gasteiger charge is -2.13. The summed E-state index contributed by atoms with van der Waals surface area (Å²) in [6.45, 7) is 4.50. The highest BCUT2D eigenvalue weighted by Crippen LogP contribution is 2.20. The summed E-state index contributed by atoms with van der Waals surface area (Å²) >= 11 is 0. The van der Waals surface area contributed by atoms with Gasteiger partial charge < -0.3 is 14.9 Å². The van der Waals surface area contributed by atoms with E-state index in [4.69, 9.17) is 9.84 Å². The Morgan fingerprint density at radius 3 is 1.56 bits per heavy atom. The predicted molar refractivity (Wildman–Crippen MR) is 128 cm³/mol. The third-order valence-electron chi connectivity index (χ3n) is 6.25. The van der Waals surface area contributed by atoms with Crippen molar-refractivity contribution < 1.29 is 29.3 Å². The molecule has 6 heteroatoms. The maximum atomic E-state index is 11.9. The molecule has 0 aromatic rings. The van der Waals surface area contributed by atoms with Crippen molar-refractivity contribution in [3.63, 3.8) is 0 Å². The Labute approximate surface area is 195 Å². The van der Waals surface area contributed by atoms with Gasteiger partial charge in [0.05, 0.1) is 18.4 Å². The van der Waals surface area contributed by atoms with Gasteiger partial charge in [0, 0.05) is 6.42 Å². The molecule has 2 unspecified atom stereocenters. The third kappa shape index (κ3) is 18.0. The van der Waals surface area contributed by atoms with Crippen molar-refractivity contribution in [3.05, 3.63) is 0 Å². The molecule has 6 nitrogen and oxygen atoms in total. The second-order valence-electron chi connectivity index (χ2n) is 9.06. The number of hydrogen-bond acceptors (Lipinski definition) is 4. The minimum absolute atomic E-state index is 0.127. The van der Waals surface area contributed by atoms with Gasteiger partial charge in [-0.3, -0.25) is 14.4 Å². The molecule has 0 aromatic carbocycles. The Hall–Kier alpha value is -1.59. The molecule has 0 saturated heterocycles. The summed E-state index contributed by atoms with van der Waals surface area (Å²) in [6.07, 6.45) is 17.1. The van der Waals surface area contributed by atoms with Gasteiger partial charge in [0.25, 0.3) is 0 Å². The van der Waals surface area contributed by atoms with E-state index in [0.717, 1.165) is 12.8 Å². The lowest BCUT2D eigenvalue weighted by molar-refractivity contribution is -0.146. The van der Waals surface area contributed by atoms with Crippen LogP contribution in [0, 0.1) is 11.8 Å². The van der Waals surface area contributed by atoms with Crippen molar-refractivity contribution in [1.82, 2.24) is 0 Å². The first-order valence-corrected chi connectivity index (χ1v) is 13.0. The molecule has 0 aliphatic carbocycles. The summed E-state index contributed by atoms with van der Waals surface area (Å²) in [5.41, 5.74) is 0. The van der Waals surface area contributed by atoms with E-state index < -0.39 is 17.9 Å². The summed E-state index contributed by atoms with van der Waals surface area (Å²) in [5, 5.41) is 18.4. The summed E-state index contributed by atoms with van der Waals surface area (Å²) in [5.74, 6) is -2.94. The van der Waals surface area contributed by atoms with E-state index in [1.54, 1.807) is 0 Å². The number of unbranched alkanes of at least 4 members (excludes halogenated alkanes) is 11. The van der Waals surface area contributed by atoms with Gasteiger partial charge in [-0.25, -0.2) is 0 Å². The Balaban J connectivity index is 3.71. The van der Waals surface area contributed by atoms with E-state index in [1.165, 1.54) is 57.8 Å². The van der Waals surface area contributed by atoms with Crippen LogP contribution in [0.1, 0.15) is 129 Å². The van der Waals surface area contributed by atoms with Crippen molar-refractivity contribution >= 4 is 17.9 Å². The molecule has 0 bridgehead atoms. The van der Waals surface area contributed by atoms with Crippen LogP contribution in [-0.4, -0.2) is 34.7 Å². The smallest absolute Gasteiger partial charge is 0.306 e. The lowest BCUT2D eigenvalue weighted by atomic mass is 9.93. The molecular formula is C26H48O6. The Morgan fingerprint density at radius 1 is 0.625 bits per heavy atom. The van der Waals surface area contributed by atoms with E-state index in [9.17, 15) is 19.5 Å². The predicted octanol–water partition coefficient (Wildman–Crippen LogP) is 6.99. The molecule has 2 N–H and O–H groups in total. The molecule has 0 fully saturated rings. The second-order valence-corrected chi connectivity index (χ2v) is 9.06. The fourth-order valence-corrected chi connectivity index (χ4v) is 3.99. The van der Waals surface area contributed by atoms with Gasteiger partial charge in [0.15, 0.2) is 0 Å². The molecule has 0 heterocycles. The van der Waals surface area contributed by atoms with E-state index in [0.29, 0.717) is 38.7 Å². The van der Waals surface area contributed by atoms with E-state index in [-0.39, 0.29) is 24.7 Å². The molecule has 0 saturated carbocycles. The van der Waals surface area contributed by atoms with Crippen LogP contribution in [-0.2, 0) is 19.1 Å². The van der Waals surface area contributed by atoms with Crippen LogP contribution in [0.25, 0.3) is 0 Å². The van der Waals surface area contributed by atoms with Gasteiger partial charge in [0.1, 0.15) is 0 Å². The highest BCUT2D eigenvalue weighted by Gasteiger charge is 2.20. The number of aliphatic carboxylic acids is 2. The first-order valence-electron chi connectivity index (χ1n) is 13.0. The second kappa shape index (κ2) is 21.3. The quantitative estimate of drug-likeness (QED) is 0.127. The summed E-state index contributed by atoms with van der Waals surface area (Å²) in [7, 11) is 0. The molecule has 0 radical (unpaired) electrons. The van der Waals surface area contributed by atoms with Crippen molar-refractivity contribution in [3.8, 4) is 0 Å². The molecule has 32 heavy (non-hydrogen) atoms. The van der Waals surface area contributed by atoms with Crippen LogP contribution < -0.4 is 0 Å². The van der Waals surface area contributed by atoms with Gasteiger partial charge in [-0.2, -0.15) is 0 Å². The van der Waals surface area contributed by atoms with E-state index >= 15 is 0 Å². The van der Waals surface area contributed by atoms with Crippen LogP contribution in [0.5, 0.6) is 0 Å². The number of ether oxygens (including phenoxy) is 1. The van der Waals surface area contributed by atoms with E-state index in [2.05, 4.69) is 6.92 Å². The minimum atomic E-state index is -0.895. The van der Waals surface area contributed by atoms with Crippen molar-refractivity contribution in [2.24, 2.45) is 11.8 Å². The Kier molecular flexibility index (Phi) is 20.2. The molecule has 0 aromatic heterocycles. The van der Waals surface area contributed by atoms with Gasteiger partial charge in [-0.15, -0.1) is 0 Å². The normalized spacial score (nSPS) is 12.9. The van der Waals surface area contributed by atoms with Crippen molar-refractivity contribution in [2.45, 2.75) is 129 Å². The zero-order valence-electron chi connectivity index (χ0n) is 20.6. The van der Waals surface area contributed by atoms with Gasteiger partial charge in [0.2, 0.25) is 0 Å². The third-order valence-corrected chi connectivity index (χ3v) is 6.25. The maximum absolute atomic E-state index is 11.9. The molecule has 188 valence electrons. The number of carbonyl (C=O) groups excluding carboxylic acids is 1. The van der Waals surface area contributed by atoms with Gasteiger partial charge in [-0.1, -0.05) is 90.9 Å². The first-order chi connectivity index (χ1) is 15.4. The average molecular weight is 457 g/mol. The number of esters is 1. The number of carbonyl (C=O) groups is 3. The van der Waals surface area contributed by atoms with Crippen LogP contribution in [0.2, 0.25) is 0 Å². The molecule has 0 amide bonds. The average Bonchev–Trinajstić information content (AvgIpc) is 2.75. The van der Waals surface area contributed by atoms with E-state index in [1.807, 2.05) is 6.92 Å². The molecular weight excluding hydrogens is 408 g/mol. The van der Waals surface area contributed by atoms with Gasteiger partial charge >= 0.3 is 17.9 Å². The molecule has 0 aliphatic rings. The zero-order valence-corrected chi connectivity index (χ0v) is 20.6. The fourth-order valence-electron chi connectivity index (χ4n) is 3.99. The number of carboxylic acid groups (broad SMARTS) is 2. The molecule has 0 rings (SSSR count). The molecule has 0 spiro atoms. The zero-order chi connectivity index (χ0) is 24.0. The molecule has 0 aliphatic heterocycles. The summed E-state index contributed by atoms with van der Waals surface area (Å²) in [6, 6.07) is 0. The highest BCUT2D eigenvalue weighted by molar-refractivity contribution is 5.73. The SMILES string of the molecule is CCCCCCCCCCCCCOC(=O)CCC(CCCCC(CC)C(=O)O)C(=O)O. The van der Waals surface area contributed by atoms with Crippen LogP contribution >= 0.6 is 0 Å². The minimum Gasteiger partial charge on any atom is -0.481 e. The number of carboxylic acids is 2. The van der Waals surface area contributed by atoms with Crippen LogP contribution in [0.3, 0.4) is 0 Å². The maximum Gasteiger partial charge on any atom is 0.306 e. The Morgan fingerprint density at radius 2 is 1.09 bits per heavy atom. The fraction of sp³-hybridized carbons (Fsp3) is 0.885. The van der Waals surface area contributed by atoms with Crippen LogP contribution in [0.15, 0.2) is 0 Å². The van der Waals surface area contributed by atoms with Crippen molar-refractivity contribution in [1.29, 1.82) is 0 Å². The monoisotopic (exact) mass is 456 g/mol. The van der Waals surface area contributed by atoms with Crippen LogP contribution in [0.4, 0.5) is 0 Å². The largest absolute Gasteiger partial charge is 0.481 e. The molecule has 2 atom stereocenters. The topological polar surface area (TPSA) is 101 Å². The first kappa shape index (κ1) is 30.4. The van der Waals surface area contributed by atoms with Crippen molar-refractivity contribution in [2.75, 3.05) is 6.61 Å². The van der Waals surface area contributed by atoms with Gasteiger partial charge in [-0.05, 0) is 32.1 Å². The lowest BCUT2D eigenvalue weighted by Crippen LogP contribution is -2.17. The number of hydrogen-bond donors (Lipinski definition) is 2. The highest BCUT2D eigenvalue weighted by atomic mass is 16.5. The summed E-state index contributed by atoms with van der Waals surface area (Å²) < 4.78 is 5.26. The summed E-state index contributed by atoms with van der Waals surface area (Å²) in [4.78, 5) is 34.4.